The van der Waals surface area contributed by atoms with Gasteiger partial charge < -0.3 is 9.47 Å². The molecule has 0 bridgehead atoms. The van der Waals surface area contributed by atoms with Gasteiger partial charge in [-0.05, 0) is 38.1 Å². The van der Waals surface area contributed by atoms with E-state index in [1.54, 1.807) is 12.1 Å². The number of carbonyl (C=O) groups is 1. The highest BCUT2D eigenvalue weighted by molar-refractivity contribution is 6.37. The van der Waals surface area contributed by atoms with Crippen molar-refractivity contribution >= 4 is 29.2 Å². The topological polar surface area (TPSA) is 38.8 Å². The van der Waals surface area contributed by atoms with Gasteiger partial charge in [-0.1, -0.05) is 29.6 Å². The second kappa shape index (κ2) is 7.87. The van der Waals surface area contributed by atoms with E-state index in [1.165, 1.54) is 26.4 Å². The Bertz CT molecular complexity index is 502. The molecule has 21 heavy (non-hydrogen) atoms. The minimum Gasteiger partial charge on any atom is -0.494 e. The first-order chi connectivity index (χ1) is 10.1. The SMILES string of the molecule is COc1c(Cl)ccc(Cl)c1C(=O)OCCN1CCCCC1. The second-order valence-corrected chi connectivity index (χ2v) is 5.79. The lowest BCUT2D eigenvalue weighted by Gasteiger charge is -2.26. The van der Waals surface area contributed by atoms with Gasteiger partial charge in [-0.2, -0.15) is 0 Å². The standard InChI is InChI=1S/C15H19Cl2NO3/c1-20-14-12(17)6-5-11(16)13(14)15(19)21-10-9-18-7-3-2-4-8-18/h5-6H,2-4,7-10H2,1H3. The molecular formula is C15H19Cl2NO3. The van der Waals surface area contributed by atoms with Crippen molar-refractivity contribution in [1.29, 1.82) is 0 Å². The fraction of sp³-hybridized carbons (Fsp3) is 0.533. The van der Waals surface area contributed by atoms with Crippen LogP contribution in [0.15, 0.2) is 12.1 Å². The molecule has 1 saturated heterocycles. The Morgan fingerprint density at radius 2 is 1.86 bits per heavy atom. The minimum atomic E-state index is -0.503. The third kappa shape index (κ3) is 4.25. The zero-order chi connectivity index (χ0) is 15.2. The summed E-state index contributed by atoms with van der Waals surface area (Å²) >= 11 is 12.1. The zero-order valence-electron chi connectivity index (χ0n) is 12.0. The fourth-order valence-electron chi connectivity index (χ4n) is 2.45. The van der Waals surface area contributed by atoms with Crippen molar-refractivity contribution < 1.29 is 14.3 Å². The van der Waals surface area contributed by atoms with Gasteiger partial charge in [0, 0.05) is 6.54 Å². The van der Waals surface area contributed by atoms with Gasteiger partial charge in [0.1, 0.15) is 12.2 Å². The molecule has 1 fully saturated rings. The quantitative estimate of drug-likeness (QED) is 0.772. The number of likely N-dealkylation sites (tertiary alicyclic amines) is 1. The molecule has 1 aliphatic rings. The van der Waals surface area contributed by atoms with Gasteiger partial charge in [0.05, 0.1) is 17.2 Å². The largest absolute Gasteiger partial charge is 0.494 e. The van der Waals surface area contributed by atoms with E-state index >= 15 is 0 Å². The normalized spacial score (nSPS) is 15.8. The van der Waals surface area contributed by atoms with Gasteiger partial charge in [0.25, 0.3) is 0 Å². The van der Waals surface area contributed by atoms with E-state index in [1.807, 2.05) is 0 Å². The van der Waals surface area contributed by atoms with Crippen LogP contribution < -0.4 is 4.74 Å². The first kappa shape index (κ1) is 16.4. The number of carbonyl (C=O) groups excluding carboxylic acids is 1. The molecule has 4 nitrogen and oxygen atoms in total. The number of hydrogen-bond acceptors (Lipinski definition) is 4. The molecule has 0 amide bonds. The van der Waals surface area contributed by atoms with Crippen molar-refractivity contribution in [3.05, 3.63) is 27.7 Å². The number of nitrogens with zero attached hydrogens (tertiary/aromatic N) is 1. The summed E-state index contributed by atoms with van der Waals surface area (Å²) in [5.74, 6) is -0.247. The van der Waals surface area contributed by atoms with Crippen molar-refractivity contribution in [2.45, 2.75) is 19.3 Å². The lowest BCUT2D eigenvalue weighted by atomic mass is 10.1. The van der Waals surface area contributed by atoms with Crippen LogP contribution in [0.4, 0.5) is 0 Å². The summed E-state index contributed by atoms with van der Waals surface area (Å²) in [5, 5.41) is 0.615. The summed E-state index contributed by atoms with van der Waals surface area (Å²) in [6, 6.07) is 3.15. The molecule has 0 N–H and O–H groups in total. The van der Waals surface area contributed by atoms with Crippen LogP contribution in [-0.2, 0) is 4.74 Å². The predicted octanol–water partition coefficient (Wildman–Crippen LogP) is 3.64. The number of piperidine rings is 1. The van der Waals surface area contributed by atoms with Crippen LogP contribution >= 0.6 is 23.2 Å². The highest BCUT2D eigenvalue weighted by Crippen LogP contribution is 2.34. The summed E-state index contributed by atoms with van der Waals surface area (Å²) in [5.41, 5.74) is 0.185. The molecule has 2 rings (SSSR count). The molecule has 0 radical (unpaired) electrons. The first-order valence-electron chi connectivity index (χ1n) is 7.05. The Kier molecular flexibility index (Phi) is 6.15. The summed E-state index contributed by atoms with van der Waals surface area (Å²) < 4.78 is 10.5. The van der Waals surface area contributed by atoms with E-state index in [9.17, 15) is 4.79 Å². The molecule has 1 aromatic rings. The summed E-state index contributed by atoms with van der Waals surface area (Å²) in [7, 11) is 1.45. The third-order valence-corrected chi connectivity index (χ3v) is 4.17. The van der Waals surface area contributed by atoms with Crippen molar-refractivity contribution in [2.24, 2.45) is 0 Å². The lowest BCUT2D eigenvalue weighted by molar-refractivity contribution is 0.0449. The molecule has 0 aromatic heterocycles. The van der Waals surface area contributed by atoms with Crippen molar-refractivity contribution in [3.63, 3.8) is 0 Å². The van der Waals surface area contributed by atoms with Crippen molar-refractivity contribution in [1.82, 2.24) is 4.90 Å². The molecule has 0 atom stereocenters. The average Bonchev–Trinajstić information content (AvgIpc) is 2.50. The summed E-state index contributed by atoms with van der Waals surface area (Å²) in [6.07, 6.45) is 3.70. The molecular weight excluding hydrogens is 313 g/mol. The summed E-state index contributed by atoms with van der Waals surface area (Å²) in [6.45, 7) is 3.22. The molecule has 1 aliphatic heterocycles. The monoisotopic (exact) mass is 331 g/mol. The van der Waals surface area contributed by atoms with E-state index in [2.05, 4.69) is 4.90 Å². The molecule has 6 heteroatoms. The maximum atomic E-state index is 12.2. The average molecular weight is 332 g/mol. The van der Waals surface area contributed by atoms with E-state index in [0.717, 1.165) is 19.6 Å². The second-order valence-electron chi connectivity index (χ2n) is 4.98. The van der Waals surface area contributed by atoms with Crippen molar-refractivity contribution in [3.8, 4) is 5.75 Å². The van der Waals surface area contributed by atoms with E-state index in [-0.39, 0.29) is 16.3 Å². The third-order valence-electron chi connectivity index (χ3n) is 3.56. The maximum Gasteiger partial charge on any atom is 0.343 e. The van der Waals surface area contributed by atoms with Gasteiger partial charge in [-0.15, -0.1) is 0 Å². The number of rotatable bonds is 5. The molecule has 116 valence electrons. The minimum absolute atomic E-state index is 0.185. The fourth-order valence-corrected chi connectivity index (χ4v) is 2.91. The van der Waals surface area contributed by atoms with Crippen LogP contribution in [0.2, 0.25) is 10.0 Å². The van der Waals surface area contributed by atoms with Gasteiger partial charge in [0.2, 0.25) is 0 Å². The smallest absolute Gasteiger partial charge is 0.343 e. The van der Waals surface area contributed by atoms with Crippen LogP contribution in [-0.4, -0.2) is 44.2 Å². The number of ether oxygens (including phenoxy) is 2. The molecule has 1 aromatic carbocycles. The predicted molar refractivity (Wildman–Crippen MR) is 83.6 cm³/mol. The Morgan fingerprint density at radius 3 is 2.52 bits per heavy atom. The van der Waals surface area contributed by atoms with Crippen LogP contribution in [0.25, 0.3) is 0 Å². The van der Waals surface area contributed by atoms with Crippen LogP contribution in [0.5, 0.6) is 5.75 Å². The first-order valence-corrected chi connectivity index (χ1v) is 7.80. The number of esters is 1. The van der Waals surface area contributed by atoms with Crippen LogP contribution in [0.3, 0.4) is 0 Å². The van der Waals surface area contributed by atoms with Gasteiger partial charge in [0.15, 0.2) is 5.75 Å². The maximum absolute atomic E-state index is 12.2. The number of hydrogen-bond donors (Lipinski definition) is 0. The van der Waals surface area contributed by atoms with E-state index in [0.29, 0.717) is 11.6 Å². The molecule has 1 heterocycles. The Hall–Kier alpha value is -0.970. The molecule has 0 aliphatic carbocycles. The molecule has 0 saturated carbocycles. The van der Waals surface area contributed by atoms with Crippen molar-refractivity contribution in [2.75, 3.05) is 33.4 Å². The van der Waals surface area contributed by atoms with Gasteiger partial charge >= 0.3 is 5.97 Å². The van der Waals surface area contributed by atoms with Crippen LogP contribution in [0.1, 0.15) is 29.6 Å². The van der Waals surface area contributed by atoms with E-state index in [4.69, 9.17) is 32.7 Å². The highest BCUT2D eigenvalue weighted by atomic mass is 35.5. The van der Waals surface area contributed by atoms with Gasteiger partial charge in [-0.3, -0.25) is 4.90 Å². The van der Waals surface area contributed by atoms with E-state index < -0.39 is 5.97 Å². The Morgan fingerprint density at radius 1 is 1.19 bits per heavy atom. The number of halogens is 2. The van der Waals surface area contributed by atoms with Crippen LogP contribution in [0, 0.1) is 0 Å². The summed E-state index contributed by atoms with van der Waals surface area (Å²) in [4.78, 5) is 14.5. The number of benzene rings is 1. The highest BCUT2D eigenvalue weighted by Gasteiger charge is 2.21. The number of methoxy groups -OCH3 is 1. The Balaban J connectivity index is 1.95. The zero-order valence-corrected chi connectivity index (χ0v) is 13.5. The Labute approximate surface area is 134 Å². The molecule has 0 spiro atoms. The lowest BCUT2D eigenvalue weighted by Crippen LogP contribution is -2.33. The van der Waals surface area contributed by atoms with Gasteiger partial charge in [-0.25, -0.2) is 4.79 Å². The molecule has 0 unspecified atom stereocenters.